The number of rotatable bonds is 2. The smallest absolute Gasteiger partial charge is 0.150 e. The van der Waals surface area contributed by atoms with E-state index in [0.29, 0.717) is 17.4 Å². The van der Waals surface area contributed by atoms with Crippen LogP contribution in [0.3, 0.4) is 0 Å². The summed E-state index contributed by atoms with van der Waals surface area (Å²) in [5.41, 5.74) is 0. The fourth-order valence-electron chi connectivity index (χ4n) is 1.32. The zero-order valence-electron chi connectivity index (χ0n) is 6.54. The van der Waals surface area contributed by atoms with E-state index in [4.69, 9.17) is 0 Å². The van der Waals surface area contributed by atoms with E-state index in [2.05, 4.69) is 5.32 Å². The van der Waals surface area contributed by atoms with E-state index in [-0.39, 0.29) is 12.4 Å². The molecule has 0 aromatic carbocycles. The number of nitrogens with one attached hydrogen (secondary N) is 1. The van der Waals surface area contributed by atoms with Crippen LogP contribution >= 0.6 is 12.4 Å². The molecule has 11 heavy (non-hydrogen) atoms. The molecule has 0 radical (unpaired) electrons. The summed E-state index contributed by atoms with van der Waals surface area (Å²) in [5, 5.41) is 2.98. The fraction of sp³-hybridized carbons (Fsp3) is 1.00. The Hall–Kier alpha value is 0.200. The first-order valence-corrected chi connectivity index (χ1v) is 5.31. The second-order valence-corrected chi connectivity index (χ2v) is 5.06. The zero-order valence-corrected chi connectivity index (χ0v) is 8.17. The van der Waals surface area contributed by atoms with Gasteiger partial charge in [-0.2, -0.15) is 0 Å². The van der Waals surface area contributed by atoms with Crippen LogP contribution < -0.4 is 5.32 Å². The lowest BCUT2D eigenvalue weighted by Gasteiger charge is -2.03. The standard InChI is InChI=1S/C6H13NO2S.ClH/c1-7-4-6-2-3-10(8,9)5-6;/h6-7H,2-5H2,1H3;1H. The maximum Gasteiger partial charge on any atom is 0.150 e. The minimum Gasteiger partial charge on any atom is -0.319 e. The molecule has 1 fully saturated rings. The fourth-order valence-corrected chi connectivity index (χ4v) is 3.18. The Kier molecular flexibility index (Phi) is 4.36. The maximum atomic E-state index is 10.9. The molecule has 5 heteroatoms. The Morgan fingerprint density at radius 1 is 1.55 bits per heavy atom. The zero-order chi connectivity index (χ0) is 7.61. The van der Waals surface area contributed by atoms with Crippen molar-refractivity contribution < 1.29 is 8.42 Å². The third kappa shape index (κ3) is 3.40. The number of hydrogen-bond donors (Lipinski definition) is 1. The Bertz CT molecular complexity index is 203. The molecule has 1 N–H and O–H groups in total. The van der Waals surface area contributed by atoms with Gasteiger partial charge in [-0.05, 0) is 25.9 Å². The molecule has 1 aliphatic rings. The van der Waals surface area contributed by atoms with Crippen LogP contribution in [-0.2, 0) is 9.84 Å². The molecule has 1 unspecified atom stereocenters. The second kappa shape index (κ2) is 4.28. The predicted octanol–water partition coefficient (Wildman–Crippen LogP) is 0.0623. The van der Waals surface area contributed by atoms with Crippen LogP contribution in [0.4, 0.5) is 0 Å². The van der Waals surface area contributed by atoms with Gasteiger partial charge in [0.05, 0.1) is 11.5 Å². The minimum atomic E-state index is -2.66. The monoisotopic (exact) mass is 199 g/mol. The molecule has 1 saturated heterocycles. The summed E-state index contributed by atoms with van der Waals surface area (Å²) in [5.74, 6) is 1.13. The number of halogens is 1. The van der Waals surface area contributed by atoms with E-state index in [1.54, 1.807) is 0 Å². The third-order valence-electron chi connectivity index (χ3n) is 1.82. The first-order valence-electron chi connectivity index (χ1n) is 3.49. The van der Waals surface area contributed by atoms with Gasteiger partial charge in [-0.15, -0.1) is 12.4 Å². The van der Waals surface area contributed by atoms with E-state index in [1.165, 1.54) is 0 Å². The summed E-state index contributed by atoms with van der Waals surface area (Å²) in [6.45, 7) is 0.833. The average Bonchev–Trinajstić information content (AvgIpc) is 2.12. The summed E-state index contributed by atoms with van der Waals surface area (Å²) in [7, 11) is -0.806. The van der Waals surface area contributed by atoms with Gasteiger partial charge < -0.3 is 5.32 Å². The lowest BCUT2D eigenvalue weighted by atomic mass is 10.1. The molecule has 68 valence electrons. The Balaban J connectivity index is 0.000001000. The van der Waals surface area contributed by atoms with Crippen LogP contribution in [0.2, 0.25) is 0 Å². The Morgan fingerprint density at radius 2 is 2.18 bits per heavy atom. The van der Waals surface area contributed by atoms with Crippen LogP contribution in [0.5, 0.6) is 0 Å². The highest BCUT2D eigenvalue weighted by atomic mass is 35.5. The molecular weight excluding hydrogens is 186 g/mol. The summed E-state index contributed by atoms with van der Waals surface area (Å²) in [6.07, 6.45) is 0.836. The van der Waals surface area contributed by atoms with Crippen molar-refractivity contribution in [2.24, 2.45) is 5.92 Å². The highest BCUT2D eigenvalue weighted by molar-refractivity contribution is 7.91. The quantitative estimate of drug-likeness (QED) is 0.685. The largest absolute Gasteiger partial charge is 0.319 e. The molecule has 0 aromatic rings. The van der Waals surface area contributed by atoms with Gasteiger partial charge in [0.25, 0.3) is 0 Å². The lowest BCUT2D eigenvalue weighted by Crippen LogP contribution is -2.19. The SMILES string of the molecule is CNCC1CCS(=O)(=O)C1.Cl. The molecule has 0 amide bonds. The van der Waals surface area contributed by atoms with Gasteiger partial charge in [0, 0.05) is 0 Å². The molecule has 0 aromatic heterocycles. The van der Waals surface area contributed by atoms with Crippen molar-refractivity contribution in [3.63, 3.8) is 0 Å². The molecule has 0 spiro atoms. The third-order valence-corrected chi connectivity index (χ3v) is 3.66. The molecule has 1 atom stereocenters. The highest BCUT2D eigenvalue weighted by Gasteiger charge is 2.26. The molecule has 0 aliphatic carbocycles. The predicted molar refractivity (Wildman–Crippen MR) is 47.9 cm³/mol. The minimum absolute atomic E-state index is 0. The summed E-state index contributed by atoms with van der Waals surface area (Å²) < 4.78 is 21.8. The van der Waals surface area contributed by atoms with Crippen molar-refractivity contribution in [2.75, 3.05) is 25.1 Å². The van der Waals surface area contributed by atoms with E-state index in [0.717, 1.165) is 13.0 Å². The van der Waals surface area contributed by atoms with E-state index in [9.17, 15) is 8.42 Å². The van der Waals surface area contributed by atoms with E-state index >= 15 is 0 Å². The van der Waals surface area contributed by atoms with Crippen LogP contribution in [0, 0.1) is 5.92 Å². The van der Waals surface area contributed by atoms with Crippen LogP contribution in [0.15, 0.2) is 0 Å². The first kappa shape index (κ1) is 11.2. The van der Waals surface area contributed by atoms with Gasteiger partial charge in [0.15, 0.2) is 9.84 Å². The molecular formula is C6H14ClNO2S. The Labute approximate surface area is 73.9 Å². The van der Waals surface area contributed by atoms with Crippen molar-refractivity contribution in [3.05, 3.63) is 0 Å². The normalized spacial score (nSPS) is 27.9. The molecule has 1 rings (SSSR count). The van der Waals surface area contributed by atoms with Crippen LogP contribution in [-0.4, -0.2) is 33.5 Å². The molecule has 3 nitrogen and oxygen atoms in total. The van der Waals surface area contributed by atoms with Gasteiger partial charge >= 0.3 is 0 Å². The van der Waals surface area contributed by atoms with Gasteiger partial charge in [-0.3, -0.25) is 0 Å². The van der Waals surface area contributed by atoms with E-state index < -0.39 is 9.84 Å². The molecule has 1 heterocycles. The topological polar surface area (TPSA) is 46.2 Å². The summed E-state index contributed by atoms with van der Waals surface area (Å²) in [4.78, 5) is 0. The summed E-state index contributed by atoms with van der Waals surface area (Å²) >= 11 is 0. The molecule has 0 saturated carbocycles. The lowest BCUT2D eigenvalue weighted by molar-refractivity contribution is 0.552. The molecule has 1 aliphatic heterocycles. The van der Waals surface area contributed by atoms with Crippen molar-refractivity contribution >= 4 is 22.2 Å². The van der Waals surface area contributed by atoms with Crippen molar-refractivity contribution in [2.45, 2.75) is 6.42 Å². The van der Waals surface area contributed by atoms with Gasteiger partial charge in [-0.1, -0.05) is 0 Å². The maximum absolute atomic E-state index is 10.9. The Morgan fingerprint density at radius 3 is 2.55 bits per heavy atom. The first-order chi connectivity index (χ1) is 4.64. The number of sulfone groups is 1. The second-order valence-electron chi connectivity index (χ2n) is 2.83. The molecule has 0 bridgehead atoms. The average molecular weight is 200 g/mol. The van der Waals surface area contributed by atoms with Crippen LogP contribution in [0.1, 0.15) is 6.42 Å². The summed E-state index contributed by atoms with van der Waals surface area (Å²) in [6, 6.07) is 0. The van der Waals surface area contributed by atoms with Crippen LogP contribution in [0.25, 0.3) is 0 Å². The van der Waals surface area contributed by atoms with Gasteiger partial charge in [0.2, 0.25) is 0 Å². The van der Waals surface area contributed by atoms with E-state index in [1.807, 2.05) is 7.05 Å². The van der Waals surface area contributed by atoms with Crippen molar-refractivity contribution in [3.8, 4) is 0 Å². The van der Waals surface area contributed by atoms with Gasteiger partial charge in [0.1, 0.15) is 0 Å². The van der Waals surface area contributed by atoms with Crippen molar-refractivity contribution in [1.82, 2.24) is 5.32 Å². The van der Waals surface area contributed by atoms with Gasteiger partial charge in [-0.25, -0.2) is 8.42 Å². The van der Waals surface area contributed by atoms with Crippen molar-refractivity contribution in [1.29, 1.82) is 0 Å². The highest BCUT2D eigenvalue weighted by Crippen LogP contribution is 2.16. The number of hydrogen-bond acceptors (Lipinski definition) is 3.